The maximum absolute atomic E-state index is 13.1. The maximum Gasteiger partial charge on any atom is 0.327 e. The highest BCUT2D eigenvalue weighted by Crippen LogP contribution is 2.59. The number of rotatable bonds is 6. The third-order valence-electron chi connectivity index (χ3n) is 6.76. The van der Waals surface area contributed by atoms with Crippen molar-refractivity contribution in [2.75, 3.05) is 33.6 Å². The first-order valence-electron chi connectivity index (χ1n) is 10.4. The van der Waals surface area contributed by atoms with Crippen molar-refractivity contribution in [3.8, 4) is 5.75 Å². The van der Waals surface area contributed by atoms with Crippen LogP contribution in [-0.4, -0.2) is 66.7 Å². The van der Waals surface area contributed by atoms with Gasteiger partial charge in [0.2, 0.25) is 11.8 Å². The van der Waals surface area contributed by atoms with E-state index in [1.54, 1.807) is 18.9 Å². The second-order valence-electron chi connectivity index (χ2n) is 8.16. The smallest absolute Gasteiger partial charge is 0.327 e. The van der Waals surface area contributed by atoms with Crippen LogP contribution in [0.1, 0.15) is 37.8 Å². The zero-order valence-electron chi connectivity index (χ0n) is 17.8. The number of carbonyl (C=O) groups is 3. The van der Waals surface area contributed by atoms with Crippen LogP contribution in [0.3, 0.4) is 0 Å². The molecule has 0 saturated carbocycles. The lowest BCUT2D eigenvalue weighted by atomic mass is 9.77. The van der Waals surface area contributed by atoms with E-state index in [2.05, 4.69) is 6.92 Å². The summed E-state index contributed by atoms with van der Waals surface area (Å²) < 4.78 is 10.8. The van der Waals surface area contributed by atoms with Gasteiger partial charge >= 0.3 is 5.97 Å². The van der Waals surface area contributed by atoms with Crippen molar-refractivity contribution in [3.05, 3.63) is 23.8 Å². The second kappa shape index (κ2) is 7.89. The Kier molecular flexibility index (Phi) is 5.57. The van der Waals surface area contributed by atoms with Crippen LogP contribution < -0.4 is 4.74 Å². The fourth-order valence-corrected chi connectivity index (χ4v) is 6.42. The second-order valence-corrected chi connectivity index (χ2v) is 9.29. The van der Waals surface area contributed by atoms with Crippen LogP contribution in [0.4, 0.5) is 0 Å². The number of ether oxygens (including phenoxy) is 2. The summed E-state index contributed by atoms with van der Waals surface area (Å²) in [6.45, 7) is 2.77. The van der Waals surface area contributed by atoms with E-state index >= 15 is 0 Å². The van der Waals surface area contributed by atoms with Gasteiger partial charge in [-0.3, -0.25) is 24.2 Å². The molecule has 1 aromatic rings. The fourth-order valence-electron chi connectivity index (χ4n) is 5.54. The molecule has 3 aliphatic rings. The van der Waals surface area contributed by atoms with Gasteiger partial charge in [0.15, 0.2) is 0 Å². The van der Waals surface area contributed by atoms with Gasteiger partial charge in [0.05, 0.1) is 26.1 Å². The maximum atomic E-state index is 13.1. The largest absolute Gasteiger partial charge is 0.496 e. The van der Waals surface area contributed by atoms with Gasteiger partial charge in [0, 0.05) is 18.0 Å². The van der Waals surface area contributed by atoms with Gasteiger partial charge in [0.1, 0.15) is 11.3 Å². The predicted octanol–water partition coefficient (Wildman–Crippen LogP) is 2.49. The number of imide groups is 1. The Hall–Kier alpha value is -2.06. The van der Waals surface area contributed by atoms with Crippen LogP contribution >= 0.6 is 11.8 Å². The Morgan fingerprint density at radius 2 is 2.03 bits per heavy atom. The van der Waals surface area contributed by atoms with Gasteiger partial charge in [-0.15, -0.1) is 11.8 Å². The summed E-state index contributed by atoms with van der Waals surface area (Å²) in [5, 5.41) is 0. The van der Waals surface area contributed by atoms with E-state index in [4.69, 9.17) is 9.47 Å². The summed E-state index contributed by atoms with van der Waals surface area (Å²) in [4.78, 5) is 43.5. The first kappa shape index (κ1) is 21.2. The Balaban J connectivity index is 1.83. The van der Waals surface area contributed by atoms with Crippen LogP contribution in [-0.2, 0) is 19.1 Å². The van der Waals surface area contributed by atoms with Crippen LogP contribution in [0.25, 0.3) is 0 Å². The molecule has 8 heteroatoms. The first-order valence-corrected chi connectivity index (χ1v) is 11.4. The van der Waals surface area contributed by atoms with E-state index in [1.807, 2.05) is 23.1 Å². The lowest BCUT2D eigenvalue weighted by Crippen LogP contribution is -2.54. The highest BCUT2D eigenvalue weighted by Gasteiger charge is 2.73. The zero-order valence-corrected chi connectivity index (χ0v) is 18.7. The van der Waals surface area contributed by atoms with E-state index in [1.165, 1.54) is 19.1 Å². The van der Waals surface area contributed by atoms with E-state index in [-0.39, 0.29) is 17.9 Å². The molecular formula is C22H28N2O5S. The summed E-state index contributed by atoms with van der Waals surface area (Å²) in [7, 11) is 4.50. The average molecular weight is 433 g/mol. The molecule has 7 nitrogen and oxygen atoms in total. The van der Waals surface area contributed by atoms with E-state index in [0.717, 1.165) is 34.8 Å². The molecule has 0 aliphatic carbocycles. The molecule has 3 aliphatic heterocycles. The number of fused-ring (bicyclic) bond motifs is 3. The third-order valence-corrected chi connectivity index (χ3v) is 8.02. The molecule has 3 fully saturated rings. The molecule has 0 N–H and O–H groups in total. The molecule has 0 bridgehead atoms. The number of methoxy groups -OCH3 is 2. The van der Waals surface area contributed by atoms with Crippen molar-refractivity contribution in [1.82, 2.24) is 9.80 Å². The summed E-state index contributed by atoms with van der Waals surface area (Å²) in [5.74, 6) is -0.503. The zero-order chi connectivity index (χ0) is 21.6. The molecule has 2 amide bonds. The topological polar surface area (TPSA) is 76.2 Å². The van der Waals surface area contributed by atoms with Crippen LogP contribution in [0.2, 0.25) is 0 Å². The van der Waals surface area contributed by atoms with Crippen molar-refractivity contribution < 1.29 is 23.9 Å². The molecule has 162 valence electrons. The van der Waals surface area contributed by atoms with Gasteiger partial charge in [-0.1, -0.05) is 13.0 Å². The molecule has 30 heavy (non-hydrogen) atoms. The minimum absolute atomic E-state index is 0.226. The van der Waals surface area contributed by atoms with Gasteiger partial charge < -0.3 is 9.47 Å². The quantitative estimate of drug-likeness (QED) is 0.388. The van der Waals surface area contributed by atoms with E-state index in [0.29, 0.717) is 13.0 Å². The standard InChI is InChI=1S/C22H28N2O5S/c1-5-11-30-15-8-7-13(12-14(15)28-3)18-16-17(20(26)23(2)19(16)25)22(21(27)29-4)9-6-10-24(18)22/h7-8,12,16-18H,5-6,9-11H2,1-4H3/t16-,17-,18-,22+/m1/s1. The SMILES string of the molecule is CCCSc1ccc([C@@H]2[C@@H]3C(=O)N(C)C(=O)[C@@H]3[C@]3(C(=O)OC)CCCN23)cc1OC. The van der Waals surface area contributed by atoms with Crippen molar-refractivity contribution in [2.24, 2.45) is 11.8 Å². The number of esters is 1. The number of hydrogen-bond donors (Lipinski definition) is 0. The number of amides is 2. The molecule has 0 radical (unpaired) electrons. The highest BCUT2D eigenvalue weighted by molar-refractivity contribution is 7.99. The summed E-state index contributed by atoms with van der Waals surface area (Å²) in [6.07, 6.45) is 2.35. The molecule has 4 atom stereocenters. The minimum atomic E-state index is -1.08. The summed E-state index contributed by atoms with van der Waals surface area (Å²) in [5.41, 5.74) is -0.184. The van der Waals surface area contributed by atoms with Crippen molar-refractivity contribution >= 4 is 29.5 Å². The first-order chi connectivity index (χ1) is 14.4. The van der Waals surface area contributed by atoms with Gasteiger partial charge in [-0.2, -0.15) is 0 Å². The minimum Gasteiger partial charge on any atom is -0.496 e. The molecule has 0 aromatic heterocycles. The Morgan fingerprint density at radius 3 is 2.70 bits per heavy atom. The van der Waals surface area contributed by atoms with E-state index < -0.39 is 23.3 Å². The monoisotopic (exact) mass is 432 g/mol. The van der Waals surface area contributed by atoms with Crippen LogP contribution in [0, 0.1) is 11.8 Å². The van der Waals surface area contributed by atoms with Crippen molar-refractivity contribution in [2.45, 2.75) is 42.7 Å². The van der Waals surface area contributed by atoms with Gasteiger partial charge in [-0.25, -0.2) is 0 Å². The number of likely N-dealkylation sites (tertiary alicyclic amines) is 1. The average Bonchev–Trinajstić information content (AvgIpc) is 3.37. The van der Waals surface area contributed by atoms with Crippen LogP contribution in [0.5, 0.6) is 5.75 Å². The van der Waals surface area contributed by atoms with Crippen LogP contribution in [0.15, 0.2) is 23.1 Å². The molecule has 3 saturated heterocycles. The molecule has 1 aromatic carbocycles. The summed E-state index contributed by atoms with van der Waals surface area (Å²) in [6, 6.07) is 5.62. The van der Waals surface area contributed by atoms with E-state index in [9.17, 15) is 14.4 Å². The summed E-state index contributed by atoms with van der Waals surface area (Å²) >= 11 is 1.73. The fraction of sp³-hybridized carbons (Fsp3) is 0.591. The normalized spacial score (nSPS) is 30.5. The Labute approximate surface area is 181 Å². The molecule has 0 unspecified atom stereocenters. The number of hydrogen-bond acceptors (Lipinski definition) is 7. The Morgan fingerprint density at radius 1 is 1.27 bits per heavy atom. The number of carbonyl (C=O) groups excluding carboxylic acids is 3. The van der Waals surface area contributed by atoms with Crippen molar-refractivity contribution in [1.29, 1.82) is 0 Å². The van der Waals surface area contributed by atoms with Gasteiger partial charge in [-0.05, 0) is 49.3 Å². The molecule has 3 heterocycles. The third kappa shape index (κ3) is 2.80. The molecule has 4 rings (SSSR count). The predicted molar refractivity (Wildman–Crippen MR) is 112 cm³/mol. The lowest BCUT2D eigenvalue weighted by molar-refractivity contribution is -0.158. The highest BCUT2D eigenvalue weighted by atomic mass is 32.2. The van der Waals surface area contributed by atoms with Gasteiger partial charge in [0.25, 0.3) is 0 Å². The molecular weight excluding hydrogens is 404 g/mol. The lowest BCUT2D eigenvalue weighted by Gasteiger charge is -2.35. The number of nitrogens with zero attached hydrogens (tertiary/aromatic N) is 2. The van der Waals surface area contributed by atoms with Crippen molar-refractivity contribution in [3.63, 3.8) is 0 Å². The number of thioether (sulfide) groups is 1. The number of benzene rings is 1. The Bertz CT molecular complexity index is 890. The molecule has 0 spiro atoms.